The molecule has 1 aliphatic rings. The van der Waals surface area contributed by atoms with Gasteiger partial charge in [0, 0.05) is 37.5 Å². The van der Waals surface area contributed by atoms with Crippen molar-refractivity contribution in [3.8, 4) is 5.75 Å². The van der Waals surface area contributed by atoms with Gasteiger partial charge in [0.15, 0.2) is 5.13 Å². The summed E-state index contributed by atoms with van der Waals surface area (Å²) in [6.45, 7) is 4.95. The molecule has 0 atom stereocenters. The first-order chi connectivity index (χ1) is 11.6. The Balaban J connectivity index is 1.64. The van der Waals surface area contributed by atoms with Crippen LogP contribution in [0.25, 0.3) is 0 Å². The number of anilines is 1. The van der Waals surface area contributed by atoms with Gasteiger partial charge >= 0.3 is 0 Å². The van der Waals surface area contributed by atoms with Gasteiger partial charge in [0.2, 0.25) is 0 Å². The number of nitrogens with two attached hydrogens (primary N) is 1. The fraction of sp³-hybridized carbons (Fsp3) is 0.471. The van der Waals surface area contributed by atoms with Crippen LogP contribution in [0.3, 0.4) is 0 Å². The Bertz CT molecular complexity index is 667. The molecule has 2 aromatic rings. The van der Waals surface area contributed by atoms with Crippen LogP contribution in [0.1, 0.15) is 16.1 Å². The molecule has 7 heteroatoms. The van der Waals surface area contributed by atoms with Crippen LogP contribution in [-0.2, 0) is 13.0 Å². The number of nitrogen functional groups attached to an aromatic ring is 1. The summed E-state index contributed by atoms with van der Waals surface area (Å²) >= 11 is 1.57. The molecule has 0 bridgehead atoms. The quantitative estimate of drug-likeness (QED) is 0.827. The van der Waals surface area contributed by atoms with Crippen molar-refractivity contribution in [2.24, 2.45) is 0 Å². The number of nitrogens with zero attached hydrogens (tertiary/aromatic N) is 3. The third-order valence-corrected chi connectivity index (χ3v) is 5.19. The van der Waals surface area contributed by atoms with E-state index in [1.54, 1.807) is 18.4 Å². The van der Waals surface area contributed by atoms with Crippen LogP contribution in [0.2, 0.25) is 0 Å². The molecule has 0 spiro atoms. The summed E-state index contributed by atoms with van der Waals surface area (Å²) in [5, 5.41) is 2.90. The van der Waals surface area contributed by atoms with Crippen molar-refractivity contribution < 1.29 is 4.74 Å². The third kappa shape index (κ3) is 4.45. The molecular weight excluding hydrogens is 322 g/mol. The number of aromatic nitrogens is 1. The number of piperazine rings is 1. The number of hydrazine groups is 1. The van der Waals surface area contributed by atoms with E-state index >= 15 is 0 Å². The number of rotatable bonds is 6. The van der Waals surface area contributed by atoms with Gasteiger partial charge in [-0.05, 0) is 24.7 Å². The highest BCUT2D eigenvalue weighted by Crippen LogP contribution is 2.25. The summed E-state index contributed by atoms with van der Waals surface area (Å²) in [6.07, 6.45) is 0.825. The van der Waals surface area contributed by atoms with E-state index in [4.69, 9.17) is 10.5 Å². The second-order valence-electron chi connectivity index (χ2n) is 6.08. The van der Waals surface area contributed by atoms with Crippen molar-refractivity contribution in [2.75, 3.05) is 46.1 Å². The van der Waals surface area contributed by atoms with Crippen molar-refractivity contribution in [2.45, 2.75) is 13.0 Å². The number of nitrogens with one attached hydrogen (secondary N) is 1. The molecule has 1 aromatic heterocycles. The van der Waals surface area contributed by atoms with Gasteiger partial charge < -0.3 is 15.4 Å². The molecule has 3 rings (SSSR count). The fourth-order valence-corrected chi connectivity index (χ4v) is 3.68. The highest BCUT2D eigenvalue weighted by atomic mass is 32.1. The lowest BCUT2D eigenvalue weighted by Gasteiger charge is -2.32. The van der Waals surface area contributed by atoms with E-state index in [1.807, 2.05) is 12.1 Å². The first-order valence-corrected chi connectivity index (χ1v) is 8.99. The van der Waals surface area contributed by atoms with E-state index < -0.39 is 0 Å². The minimum atomic E-state index is 0.628. The van der Waals surface area contributed by atoms with Crippen molar-refractivity contribution in [3.05, 3.63) is 40.4 Å². The number of thiazole rings is 1. The van der Waals surface area contributed by atoms with E-state index in [2.05, 4.69) is 39.5 Å². The Labute approximate surface area is 147 Å². The lowest BCUT2D eigenvalue weighted by molar-refractivity contribution is 0.101. The van der Waals surface area contributed by atoms with Gasteiger partial charge in [-0.25, -0.2) is 15.4 Å². The SMILES string of the molecule is COc1cccc(Cc2sc(N)nc2CNN2CCN(C)CC2)c1. The zero-order chi connectivity index (χ0) is 16.9. The lowest BCUT2D eigenvalue weighted by atomic mass is 10.1. The summed E-state index contributed by atoms with van der Waals surface area (Å²) in [5.41, 5.74) is 11.7. The number of methoxy groups -OCH3 is 1. The molecule has 2 heterocycles. The van der Waals surface area contributed by atoms with E-state index in [9.17, 15) is 0 Å². The highest BCUT2D eigenvalue weighted by molar-refractivity contribution is 7.15. The summed E-state index contributed by atoms with van der Waals surface area (Å²) in [4.78, 5) is 8.07. The normalized spacial score (nSPS) is 16.4. The molecule has 1 aliphatic heterocycles. The third-order valence-electron chi connectivity index (χ3n) is 4.27. The smallest absolute Gasteiger partial charge is 0.180 e. The molecule has 0 aliphatic carbocycles. The largest absolute Gasteiger partial charge is 0.497 e. The molecular formula is C17H25N5OS. The molecule has 0 unspecified atom stereocenters. The number of hydrogen-bond acceptors (Lipinski definition) is 7. The van der Waals surface area contributed by atoms with Gasteiger partial charge in [0.1, 0.15) is 5.75 Å². The first kappa shape index (κ1) is 17.2. The second kappa shape index (κ2) is 7.94. The van der Waals surface area contributed by atoms with Crippen molar-refractivity contribution >= 4 is 16.5 Å². The van der Waals surface area contributed by atoms with E-state index in [0.717, 1.165) is 50.6 Å². The summed E-state index contributed by atoms with van der Waals surface area (Å²) in [5.74, 6) is 0.877. The van der Waals surface area contributed by atoms with Crippen molar-refractivity contribution in [3.63, 3.8) is 0 Å². The van der Waals surface area contributed by atoms with E-state index in [0.29, 0.717) is 5.13 Å². The fourth-order valence-electron chi connectivity index (χ4n) is 2.80. The molecule has 6 nitrogen and oxygen atoms in total. The van der Waals surface area contributed by atoms with E-state index in [-0.39, 0.29) is 0 Å². The predicted molar refractivity (Wildman–Crippen MR) is 98.2 cm³/mol. The van der Waals surface area contributed by atoms with Crippen LogP contribution in [0.4, 0.5) is 5.13 Å². The molecule has 1 aromatic carbocycles. The maximum atomic E-state index is 5.95. The average molecular weight is 347 g/mol. The van der Waals surface area contributed by atoms with Crippen LogP contribution in [-0.4, -0.2) is 55.2 Å². The van der Waals surface area contributed by atoms with Gasteiger partial charge in [0.25, 0.3) is 0 Å². The Morgan fingerprint density at radius 2 is 2.08 bits per heavy atom. The van der Waals surface area contributed by atoms with Gasteiger partial charge in [-0.15, -0.1) is 11.3 Å². The summed E-state index contributed by atoms with van der Waals surface area (Å²) in [7, 11) is 3.85. The molecule has 1 saturated heterocycles. The van der Waals surface area contributed by atoms with Crippen molar-refractivity contribution in [1.29, 1.82) is 0 Å². The van der Waals surface area contributed by atoms with Crippen LogP contribution >= 0.6 is 11.3 Å². The zero-order valence-electron chi connectivity index (χ0n) is 14.3. The van der Waals surface area contributed by atoms with Crippen LogP contribution < -0.4 is 15.9 Å². The second-order valence-corrected chi connectivity index (χ2v) is 7.19. The molecule has 0 amide bonds. The van der Waals surface area contributed by atoms with Crippen LogP contribution in [0.5, 0.6) is 5.75 Å². The zero-order valence-corrected chi connectivity index (χ0v) is 15.1. The minimum Gasteiger partial charge on any atom is -0.497 e. The molecule has 3 N–H and O–H groups in total. The monoisotopic (exact) mass is 347 g/mol. The number of benzene rings is 1. The van der Waals surface area contributed by atoms with Gasteiger partial charge in [-0.1, -0.05) is 12.1 Å². The van der Waals surface area contributed by atoms with Crippen molar-refractivity contribution in [1.82, 2.24) is 20.3 Å². The van der Waals surface area contributed by atoms with Gasteiger partial charge in [0.05, 0.1) is 19.3 Å². The molecule has 0 radical (unpaired) electrons. The number of likely N-dealkylation sites (N-methyl/N-ethyl adjacent to an activating group) is 1. The molecule has 1 fully saturated rings. The highest BCUT2D eigenvalue weighted by Gasteiger charge is 2.15. The molecule has 130 valence electrons. The Morgan fingerprint density at radius 3 is 2.83 bits per heavy atom. The summed E-state index contributed by atoms with van der Waals surface area (Å²) < 4.78 is 5.30. The Hall–Kier alpha value is -1.67. The van der Waals surface area contributed by atoms with Gasteiger partial charge in [-0.3, -0.25) is 0 Å². The summed E-state index contributed by atoms with van der Waals surface area (Å²) in [6, 6.07) is 8.14. The maximum absolute atomic E-state index is 5.95. The maximum Gasteiger partial charge on any atom is 0.180 e. The minimum absolute atomic E-state index is 0.628. The topological polar surface area (TPSA) is 66.7 Å². The van der Waals surface area contributed by atoms with Gasteiger partial charge in [-0.2, -0.15) is 0 Å². The van der Waals surface area contributed by atoms with Crippen LogP contribution in [0.15, 0.2) is 24.3 Å². The first-order valence-electron chi connectivity index (χ1n) is 8.18. The number of hydrogen-bond donors (Lipinski definition) is 2. The molecule has 24 heavy (non-hydrogen) atoms. The predicted octanol–water partition coefficient (Wildman–Crippen LogP) is 1.58. The number of ether oxygens (including phenoxy) is 1. The van der Waals surface area contributed by atoms with Crippen LogP contribution in [0, 0.1) is 0 Å². The van der Waals surface area contributed by atoms with E-state index in [1.165, 1.54) is 10.4 Å². The lowest BCUT2D eigenvalue weighted by Crippen LogP contribution is -2.50. The average Bonchev–Trinajstić information content (AvgIpc) is 2.94. The molecule has 0 saturated carbocycles. The standard InChI is InChI=1S/C17H25N5OS/c1-21-6-8-22(9-7-21)19-12-15-16(24-17(18)20-15)11-13-4-3-5-14(10-13)23-2/h3-5,10,19H,6-9,11-12H2,1-2H3,(H2,18,20). The Morgan fingerprint density at radius 1 is 1.29 bits per heavy atom. The Kier molecular flexibility index (Phi) is 5.68.